The van der Waals surface area contributed by atoms with Crippen molar-refractivity contribution in [3.05, 3.63) is 63.6 Å². The van der Waals surface area contributed by atoms with Crippen LogP contribution in [0.25, 0.3) is 0 Å². The molecule has 94 valence electrons. The highest BCUT2D eigenvalue weighted by molar-refractivity contribution is 5.28. The smallest absolute Gasteiger partial charge is 0.326 e. The Labute approximate surface area is 104 Å². The summed E-state index contributed by atoms with van der Waals surface area (Å²) in [5.74, 6) is -0.338. The molecule has 2 rings (SSSR count). The van der Waals surface area contributed by atoms with Crippen LogP contribution in [0.3, 0.4) is 0 Å². The Bertz CT molecular complexity index is 622. The first-order chi connectivity index (χ1) is 8.60. The summed E-state index contributed by atoms with van der Waals surface area (Å²) < 4.78 is 14.6. The van der Waals surface area contributed by atoms with Crippen molar-refractivity contribution in [1.29, 1.82) is 0 Å². The number of nitrogens with zero attached hydrogens (tertiary/aromatic N) is 2. The summed E-state index contributed by atoms with van der Waals surface area (Å²) in [5, 5.41) is 0. The molecule has 0 aliphatic rings. The zero-order valence-electron chi connectivity index (χ0n) is 10.1. The van der Waals surface area contributed by atoms with E-state index in [1.54, 1.807) is 25.3 Å². The summed E-state index contributed by atoms with van der Waals surface area (Å²) >= 11 is 0. The molecule has 0 atom stereocenters. The highest BCUT2D eigenvalue weighted by atomic mass is 19.1. The van der Waals surface area contributed by atoms with E-state index in [0.29, 0.717) is 17.8 Å². The van der Waals surface area contributed by atoms with Crippen molar-refractivity contribution < 1.29 is 4.39 Å². The molecule has 2 N–H and O–H groups in total. The largest absolute Gasteiger partial charge is 0.348 e. The molecule has 0 bridgehead atoms. The molecule has 5 heteroatoms. The fraction of sp³-hybridized carbons (Fsp3) is 0.231. The van der Waals surface area contributed by atoms with Crippen molar-refractivity contribution in [3.63, 3.8) is 0 Å². The van der Waals surface area contributed by atoms with Gasteiger partial charge in [-0.05, 0) is 36.2 Å². The van der Waals surface area contributed by atoms with Crippen molar-refractivity contribution in [1.82, 2.24) is 9.55 Å². The van der Waals surface area contributed by atoms with E-state index in [1.165, 1.54) is 16.7 Å². The number of halogens is 1. The third-order valence-corrected chi connectivity index (χ3v) is 2.74. The molecule has 0 radical (unpaired) electrons. The Balaban J connectivity index is 2.39. The molecule has 1 aromatic heterocycles. The van der Waals surface area contributed by atoms with E-state index in [1.807, 2.05) is 0 Å². The molecule has 0 saturated heterocycles. The van der Waals surface area contributed by atoms with Gasteiger partial charge < -0.3 is 5.73 Å². The van der Waals surface area contributed by atoms with Crippen LogP contribution >= 0.6 is 0 Å². The fourth-order valence-electron chi connectivity index (χ4n) is 1.76. The van der Waals surface area contributed by atoms with Gasteiger partial charge in [-0.2, -0.15) is 4.98 Å². The van der Waals surface area contributed by atoms with E-state index in [4.69, 9.17) is 5.73 Å². The molecule has 0 unspecified atom stereocenters. The normalized spacial score (nSPS) is 10.6. The first-order valence-corrected chi connectivity index (χ1v) is 5.61. The van der Waals surface area contributed by atoms with E-state index >= 15 is 0 Å². The maximum Gasteiger partial charge on any atom is 0.348 e. The Morgan fingerprint density at radius 3 is 2.78 bits per heavy atom. The van der Waals surface area contributed by atoms with E-state index in [2.05, 4.69) is 4.98 Å². The minimum Gasteiger partial charge on any atom is -0.326 e. The number of nitrogens with two attached hydrogens (primary N) is 1. The Morgan fingerprint density at radius 2 is 2.11 bits per heavy atom. The molecular weight excluding hydrogens is 233 g/mol. The summed E-state index contributed by atoms with van der Waals surface area (Å²) in [6.07, 6.45) is 1.65. The van der Waals surface area contributed by atoms with Crippen LogP contribution in [0, 0.1) is 12.7 Å². The van der Waals surface area contributed by atoms with Gasteiger partial charge in [-0.1, -0.05) is 6.07 Å². The van der Waals surface area contributed by atoms with Gasteiger partial charge in [0.2, 0.25) is 0 Å². The number of hydrogen-bond acceptors (Lipinski definition) is 3. The van der Waals surface area contributed by atoms with Gasteiger partial charge in [0, 0.05) is 18.4 Å². The molecule has 0 spiro atoms. The highest BCUT2D eigenvalue weighted by Gasteiger charge is 2.05. The lowest BCUT2D eigenvalue weighted by atomic mass is 10.1. The molecule has 4 nitrogen and oxygen atoms in total. The van der Waals surface area contributed by atoms with E-state index in [-0.39, 0.29) is 18.1 Å². The van der Waals surface area contributed by atoms with Crippen molar-refractivity contribution in [3.8, 4) is 0 Å². The average Bonchev–Trinajstić information content (AvgIpc) is 2.33. The molecule has 1 aromatic carbocycles. The van der Waals surface area contributed by atoms with Gasteiger partial charge >= 0.3 is 5.69 Å². The van der Waals surface area contributed by atoms with Crippen LogP contribution in [0.4, 0.5) is 4.39 Å². The second-order valence-electron chi connectivity index (χ2n) is 4.10. The summed E-state index contributed by atoms with van der Waals surface area (Å²) in [5.41, 5.74) is 7.43. The highest BCUT2D eigenvalue weighted by Crippen LogP contribution is 2.11. The molecular formula is C13H14FN3O. The summed E-state index contributed by atoms with van der Waals surface area (Å²) in [6.45, 7) is 2.33. The summed E-state index contributed by atoms with van der Waals surface area (Å²) in [6, 6.07) is 6.14. The zero-order valence-corrected chi connectivity index (χ0v) is 10.1. The van der Waals surface area contributed by atoms with Crippen LogP contribution < -0.4 is 11.4 Å². The number of aryl methyl sites for hydroxylation is 1. The number of rotatable bonds is 3. The Morgan fingerprint density at radius 1 is 1.33 bits per heavy atom. The van der Waals surface area contributed by atoms with Crippen LogP contribution in [0.5, 0.6) is 0 Å². The molecule has 2 aromatic rings. The second-order valence-corrected chi connectivity index (χ2v) is 4.10. The minimum absolute atomic E-state index is 0.274. The number of hydrogen-bond donors (Lipinski definition) is 1. The van der Waals surface area contributed by atoms with Crippen molar-refractivity contribution in [2.45, 2.75) is 20.0 Å². The van der Waals surface area contributed by atoms with Crippen LogP contribution in [0.2, 0.25) is 0 Å². The van der Waals surface area contributed by atoms with Crippen LogP contribution in [-0.4, -0.2) is 9.55 Å². The monoisotopic (exact) mass is 247 g/mol. The van der Waals surface area contributed by atoms with Crippen LogP contribution in [0.15, 0.2) is 35.3 Å². The molecule has 18 heavy (non-hydrogen) atoms. The lowest BCUT2D eigenvalue weighted by molar-refractivity contribution is 0.619. The summed E-state index contributed by atoms with van der Waals surface area (Å²) in [7, 11) is 0. The quantitative estimate of drug-likeness (QED) is 0.886. The van der Waals surface area contributed by atoms with E-state index < -0.39 is 0 Å². The van der Waals surface area contributed by atoms with E-state index in [9.17, 15) is 9.18 Å². The van der Waals surface area contributed by atoms with Gasteiger partial charge in [0.1, 0.15) is 5.82 Å². The van der Waals surface area contributed by atoms with Gasteiger partial charge in [-0.25, -0.2) is 9.18 Å². The predicted octanol–water partition coefficient (Wildman–Crippen LogP) is 1.20. The van der Waals surface area contributed by atoms with Crippen molar-refractivity contribution in [2.24, 2.45) is 5.73 Å². The van der Waals surface area contributed by atoms with Gasteiger partial charge in [-0.15, -0.1) is 0 Å². The van der Waals surface area contributed by atoms with Gasteiger partial charge in [-0.3, -0.25) is 4.57 Å². The molecule has 1 heterocycles. The van der Waals surface area contributed by atoms with Gasteiger partial charge in [0.15, 0.2) is 0 Å². The summed E-state index contributed by atoms with van der Waals surface area (Å²) in [4.78, 5) is 15.5. The molecule has 0 aliphatic carbocycles. The lowest BCUT2D eigenvalue weighted by Gasteiger charge is -2.10. The standard InChI is InChI=1S/C13H14FN3O/c1-9-4-5-17(13(18)16-9)8-11-6-12(14)3-2-10(11)7-15/h2-6H,7-8,15H2,1H3. The van der Waals surface area contributed by atoms with Crippen molar-refractivity contribution in [2.75, 3.05) is 0 Å². The predicted molar refractivity (Wildman–Crippen MR) is 66.6 cm³/mol. The fourth-order valence-corrected chi connectivity index (χ4v) is 1.76. The van der Waals surface area contributed by atoms with Crippen LogP contribution in [0.1, 0.15) is 16.8 Å². The Hall–Kier alpha value is -2.01. The third-order valence-electron chi connectivity index (χ3n) is 2.74. The zero-order chi connectivity index (χ0) is 13.1. The molecule has 0 aliphatic heterocycles. The number of aromatic nitrogens is 2. The van der Waals surface area contributed by atoms with Crippen molar-refractivity contribution >= 4 is 0 Å². The third kappa shape index (κ3) is 2.62. The lowest BCUT2D eigenvalue weighted by Crippen LogP contribution is -2.24. The molecule has 0 saturated carbocycles. The molecule has 0 amide bonds. The number of benzene rings is 1. The first-order valence-electron chi connectivity index (χ1n) is 5.61. The average molecular weight is 247 g/mol. The van der Waals surface area contributed by atoms with Crippen LogP contribution in [-0.2, 0) is 13.1 Å². The van der Waals surface area contributed by atoms with E-state index in [0.717, 1.165) is 5.56 Å². The minimum atomic E-state index is -0.345. The molecule has 0 fully saturated rings. The topological polar surface area (TPSA) is 60.9 Å². The first kappa shape index (κ1) is 12.4. The second kappa shape index (κ2) is 5.10. The van der Waals surface area contributed by atoms with Gasteiger partial charge in [0.05, 0.1) is 6.54 Å². The maximum absolute atomic E-state index is 13.2. The van der Waals surface area contributed by atoms with Gasteiger partial charge in [0.25, 0.3) is 0 Å². The maximum atomic E-state index is 13.2. The SMILES string of the molecule is Cc1ccn(Cc2cc(F)ccc2CN)c(=O)n1. The Kier molecular flexibility index (Phi) is 3.53.